The summed E-state index contributed by atoms with van der Waals surface area (Å²) in [5.41, 5.74) is 7.32. The van der Waals surface area contributed by atoms with E-state index in [0.29, 0.717) is 40.4 Å². The molecule has 12 heteroatoms. The Morgan fingerprint density at radius 3 is 3.03 bits per heavy atom. The number of fused-ring (bicyclic) bond motifs is 2. The fourth-order valence-electron chi connectivity index (χ4n) is 4.82. The van der Waals surface area contributed by atoms with E-state index < -0.39 is 11.9 Å². The van der Waals surface area contributed by atoms with Crippen LogP contribution in [-0.2, 0) is 0 Å². The molecule has 180 valence electrons. The number of hydrogen-bond acceptors (Lipinski definition) is 8. The normalized spacial score (nSPS) is 20.7. The molecule has 1 saturated heterocycles. The number of ether oxygens (including phenoxy) is 1. The van der Waals surface area contributed by atoms with E-state index in [-0.39, 0.29) is 29.3 Å². The Morgan fingerprint density at radius 2 is 2.20 bits per heavy atom. The lowest BCUT2D eigenvalue weighted by Gasteiger charge is -2.27. The number of anilines is 1. The molecule has 3 aromatic heterocycles. The number of carbonyl (C=O) groups excluding carboxylic acids is 2. The Kier molecular flexibility index (Phi) is 5.22. The predicted octanol–water partition coefficient (Wildman–Crippen LogP) is 3.80. The van der Waals surface area contributed by atoms with Crippen LogP contribution in [0.25, 0.3) is 15.4 Å². The van der Waals surface area contributed by atoms with Crippen LogP contribution in [0.3, 0.4) is 0 Å². The first-order valence-corrected chi connectivity index (χ1v) is 12.8. The minimum atomic E-state index is -0.601. The van der Waals surface area contributed by atoms with Crippen LogP contribution in [-0.4, -0.2) is 50.4 Å². The topological polar surface area (TPSA) is 115 Å². The number of likely N-dealkylation sites (tertiary alicyclic amines) is 1. The average molecular weight is 513 g/mol. The van der Waals surface area contributed by atoms with Crippen molar-refractivity contribution < 1.29 is 18.7 Å². The third kappa shape index (κ3) is 3.92. The van der Waals surface area contributed by atoms with Crippen molar-refractivity contribution in [2.24, 2.45) is 11.8 Å². The highest BCUT2D eigenvalue weighted by molar-refractivity contribution is 7.19. The van der Waals surface area contributed by atoms with Crippen LogP contribution in [0.1, 0.15) is 22.6 Å². The molecule has 2 amide bonds. The van der Waals surface area contributed by atoms with Crippen LogP contribution < -0.4 is 15.8 Å². The van der Waals surface area contributed by atoms with E-state index in [1.165, 1.54) is 23.5 Å². The zero-order valence-corrected chi connectivity index (χ0v) is 20.2. The number of aromatic nitrogens is 3. The second-order valence-electron chi connectivity index (χ2n) is 8.75. The first kappa shape index (κ1) is 22.0. The Morgan fingerprint density at radius 1 is 1.34 bits per heavy atom. The molecule has 3 atom stereocenters. The molecule has 1 aliphatic heterocycles. The second-order valence-corrected chi connectivity index (χ2v) is 10.7. The van der Waals surface area contributed by atoms with Gasteiger partial charge in [0.2, 0.25) is 5.88 Å². The fourth-order valence-corrected chi connectivity index (χ4v) is 6.39. The van der Waals surface area contributed by atoms with Crippen molar-refractivity contribution in [2.75, 3.05) is 18.8 Å². The molecule has 1 aliphatic carbocycles. The number of nitrogen functional groups attached to an aromatic ring is 1. The number of aryl methyl sites for hydroxylation is 1. The van der Waals surface area contributed by atoms with Gasteiger partial charge in [-0.15, -0.1) is 11.3 Å². The number of rotatable bonds is 5. The molecule has 3 N–H and O–H groups in total. The van der Waals surface area contributed by atoms with Gasteiger partial charge in [0.05, 0.1) is 10.9 Å². The highest BCUT2D eigenvalue weighted by Gasteiger charge is 2.54. The van der Waals surface area contributed by atoms with E-state index in [4.69, 9.17) is 10.5 Å². The summed E-state index contributed by atoms with van der Waals surface area (Å²) in [5.74, 6) is 0.423. The number of piperidine rings is 1. The van der Waals surface area contributed by atoms with Crippen LogP contribution in [0.15, 0.2) is 35.8 Å². The van der Waals surface area contributed by atoms with Crippen LogP contribution in [0.2, 0.25) is 0 Å². The smallest absolute Gasteiger partial charge is 0.391 e. The first-order chi connectivity index (χ1) is 16.9. The number of benzene rings is 1. The van der Waals surface area contributed by atoms with Gasteiger partial charge in [0, 0.05) is 24.7 Å². The van der Waals surface area contributed by atoms with Gasteiger partial charge in [0.15, 0.2) is 10.1 Å². The molecule has 1 aromatic carbocycles. The molecule has 2 fully saturated rings. The number of nitrogens with one attached hydrogen (secondary N) is 1. The molecule has 35 heavy (non-hydrogen) atoms. The van der Waals surface area contributed by atoms with Gasteiger partial charge in [0.1, 0.15) is 17.2 Å². The second kappa shape index (κ2) is 8.31. The molecule has 2 aliphatic rings. The van der Waals surface area contributed by atoms with E-state index in [9.17, 15) is 14.0 Å². The zero-order valence-electron chi connectivity index (χ0n) is 18.6. The minimum absolute atomic E-state index is 0.184. The summed E-state index contributed by atoms with van der Waals surface area (Å²) in [6, 6.07) is 5.84. The summed E-state index contributed by atoms with van der Waals surface area (Å²) in [5, 5.41) is 4.92. The van der Waals surface area contributed by atoms with Crippen molar-refractivity contribution in [3.63, 3.8) is 0 Å². The summed E-state index contributed by atoms with van der Waals surface area (Å²) in [6.45, 7) is 2.62. The first-order valence-electron chi connectivity index (χ1n) is 11.1. The van der Waals surface area contributed by atoms with Crippen molar-refractivity contribution in [1.82, 2.24) is 24.6 Å². The quantitative estimate of drug-likeness (QED) is 0.420. The number of nitrogens with two attached hydrogens (primary N) is 1. The van der Waals surface area contributed by atoms with Gasteiger partial charge in [0.25, 0.3) is 5.91 Å². The molecule has 4 aromatic rings. The summed E-state index contributed by atoms with van der Waals surface area (Å²) < 4.78 is 21.1. The van der Waals surface area contributed by atoms with Crippen molar-refractivity contribution in [3.05, 3.63) is 53.0 Å². The summed E-state index contributed by atoms with van der Waals surface area (Å²) in [4.78, 5) is 37.8. The van der Waals surface area contributed by atoms with Gasteiger partial charge in [-0.1, -0.05) is 23.5 Å². The highest BCUT2D eigenvalue weighted by atomic mass is 32.1. The largest absolute Gasteiger partial charge is 0.414 e. The van der Waals surface area contributed by atoms with Crippen LogP contribution in [0.5, 0.6) is 5.88 Å². The van der Waals surface area contributed by atoms with Crippen molar-refractivity contribution in [3.8, 4) is 16.3 Å². The molecule has 0 radical (unpaired) electrons. The van der Waals surface area contributed by atoms with E-state index in [0.717, 1.165) is 22.7 Å². The number of thiazole rings is 2. The van der Waals surface area contributed by atoms with E-state index in [1.807, 2.05) is 5.38 Å². The molecule has 6 rings (SSSR count). The summed E-state index contributed by atoms with van der Waals surface area (Å²) in [6.07, 6.45) is 2.21. The molecule has 0 unspecified atom stereocenters. The van der Waals surface area contributed by atoms with E-state index >= 15 is 0 Å². The summed E-state index contributed by atoms with van der Waals surface area (Å²) in [7, 11) is 0. The maximum absolute atomic E-state index is 13.8. The molecule has 0 spiro atoms. The van der Waals surface area contributed by atoms with Crippen LogP contribution >= 0.6 is 22.7 Å². The minimum Gasteiger partial charge on any atom is -0.391 e. The Labute approximate surface area is 207 Å². The maximum atomic E-state index is 13.8. The van der Waals surface area contributed by atoms with Crippen molar-refractivity contribution >= 4 is 44.8 Å². The van der Waals surface area contributed by atoms with Crippen molar-refractivity contribution in [1.29, 1.82) is 0 Å². The Bertz CT molecular complexity index is 1460. The van der Waals surface area contributed by atoms with E-state index in [1.54, 1.807) is 34.6 Å². The van der Waals surface area contributed by atoms with E-state index in [2.05, 4.69) is 15.3 Å². The van der Waals surface area contributed by atoms with Crippen LogP contribution in [0, 0.1) is 24.6 Å². The summed E-state index contributed by atoms with van der Waals surface area (Å²) >= 11 is 2.61. The maximum Gasteiger partial charge on any atom is 0.414 e. The number of nitrogens with zero attached hydrogens (tertiary/aromatic N) is 4. The number of halogens is 1. The lowest BCUT2D eigenvalue weighted by molar-refractivity contribution is 0.0700. The Balaban J connectivity index is 1.18. The Hall–Kier alpha value is -3.51. The predicted molar refractivity (Wildman–Crippen MR) is 130 cm³/mol. The fraction of sp³-hybridized carbons (Fsp3) is 0.304. The molecule has 4 heterocycles. The zero-order chi connectivity index (χ0) is 24.3. The average Bonchev–Trinajstić information content (AvgIpc) is 3.15. The van der Waals surface area contributed by atoms with Gasteiger partial charge < -0.3 is 20.7 Å². The van der Waals surface area contributed by atoms with Gasteiger partial charge in [-0.3, -0.25) is 9.20 Å². The third-order valence-electron chi connectivity index (χ3n) is 6.52. The number of amides is 2. The molecule has 9 nitrogen and oxygen atoms in total. The monoisotopic (exact) mass is 512 g/mol. The number of carbonyl (C=O) groups is 2. The lowest BCUT2D eigenvalue weighted by Crippen LogP contribution is -2.46. The SMILES string of the molecule is Cc1nc2sccn2c1OC(=O)NC[C@@H]1[C@H]2C[C@H]2CN1C(=O)c1nc(N)sc1-c1cccc(F)c1. The molecular formula is C23H21FN6O3S2. The number of hydrogen-bond donors (Lipinski definition) is 2. The van der Waals surface area contributed by atoms with Gasteiger partial charge in [-0.2, -0.15) is 0 Å². The molecular weight excluding hydrogens is 491 g/mol. The third-order valence-corrected chi connectivity index (χ3v) is 8.21. The van der Waals surface area contributed by atoms with Crippen LogP contribution in [0.4, 0.5) is 14.3 Å². The van der Waals surface area contributed by atoms with Gasteiger partial charge >= 0.3 is 6.09 Å². The standard InChI is InChI=1S/C23H21FN6O3S2/c1-11-20(29-5-6-34-22(29)27-11)33-23(32)26-9-16-15-8-13(15)10-30(16)19(31)17-18(35-21(25)28-17)12-3-2-4-14(24)7-12/h2-7,13,15-16H,8-10H2,1H3,(H2,25,28)(H,26,32)/t13-,15-,16+/m0/s1. The lowest BCUT2D eigenvalue weighted by atomic mass is 10.1. The molecule has 1 saturated carbocycles. The van der Waals surface area contributed by atoms with Crippen molar-refractivity contribution in [2.45, 2.75) is 19.4 Å². The number of imidazole rings is 1. The molecule has 0 bridgehead atoms. The van der Waals surface area contributed by atoms with Gasteiger partial charge in [-0.25, -0.2) is 19.2 Å². The highest BCUT2D eigenvalue weighted by Crippen LogP contribution is 2.50. The van der Waals surface area contributed by atoms with Gasteiger partial charge in [-0.05, 0) is 42.9 Å².